The van der Waals surface area contributed by atoms with Crippen LogP contribution in [0.1, 0.15) is 12.8 Å². The van der Waals surface area contributed by atoms with Gasteiger partial charge in [-0.1, -0.05) is 0 Å². The lowest BCUT2D eigenvalue weighted by atomic mass is 10.1. The molecule has 0 aromatic heterocycles. The maximum Gasteiger partial charge on any atom is 0.321 e. The maximum atomic E-state index is 11.3. The number of carboxylic acids is 1. The van der Waals surface area contributed by atoms with Gasteiger partial charge in [-0.3, -0.25) is 9.59 Å². The Morgan fingerprint density at radius 1 is 1.67 bits per heavy atom. The van der Waals surface area contributed by atoms with Crippen molar-refractivity contribution in [2.45, 2.75) is 25.0 Å². The predicted molar refractivity (Wildman–Crippen MR) is 56.7 cm³/mol. The molecule has 5 nitrogen and oxygen atoms in total. The van der Waals surface area contributed by atoms with Crippen molar-refractivity contribution in [3.63, 3.8) is 0 Å². The quantitative estimate of drug-likeness (QED) is 0.590. The zero-order chi connectivity index (χ0) is 11.4. The number of ketones is 1. The number of nitrogens with two attached hydrogens (primary N) is 1. The smallest absolute Gasteiger partial charge is 0.321 e. The molecule has 1 aliphatic rings. The summed E-state index contributed by atoms with van der Waals surface area (Å²) in [5.41, 5.74) is 5.31. The van der Waals surface area contributed by atoms with Crippen LogP contribution in [0.4, 0.5) is 0 Å². The Kier molecular flexibility index (Phi) is 4.56. The summed E-state index contributed by atoms with van der Waals surface area (Å²) in [5, 5.41) is 17.7. The van der Waals surface area contributed by atoms with Crippen LogP contribution < -0.4 is 5.73 Å². The van der Waals surface area contributed by atoms with Crippen molar-refractivity contribution in [1.82, 2.24) is 0 Å². The van der Waals surface area contributed by atoms with Crippen molar-refractivity contribution in [2.75, 3.05) is 11.5 Å². The number of thioether (sulfide) groups is 1. The third-order valence-corrected chi connectivity index (χ3v) is 3.62. The van der Waals surface area contributed by atoms with Crippen LogP contribution in [0.25, 0.3) is 0 Å². The van der Waals surface area contributed by atoms with E-state index in [9.17, 15) is 14.7 Å². The summed E-state index contributed by atoms with van der Waals surface area (Å²) in [6, 6.07) is -0.878. The number of aliphatic hydroxyl groups is 1. The number of carbonyl (C=O) groups excluding carboxylic acids is 1. The molecule has 1 rings (SSSR count). The molecule has 0 bridgehead atoms. The highest BCUT2D eigenvalue weighted by Gasteiger charge is 2.31. The second-order valence-electron chi connectivity index (χ2n) is 3.74. The fourth-order valence-electron chi connectivity index (χ4n) is 1.51. The lowest BCUT2D eigenvalue weighted by molar-refractivity contribution is -0.137. The summed E-state index contributed by atoms with van der Waals surface area (Å²) in [4.78, 5) is 21.7. The SMILES string of the molecule is NC(CSCC1CC(O)CC1=O)C(=O)O. The van der Waals surface area contributed by atoms with Crippen LogP contribution in [-0.4, -0.2) is 45.6 Å². The van der Waals surface area contributed by atoms with E-state index in [0.717, 1.165) is 0 Å². The topological polar surface area (TPSA) is 101 Å². The van der Waals surface area contributed by atoms with Crippen molar-refractivity contribution in [3.05, 3.63) is 0 Å². The molecule has 0 heterocycles. The third-order valence-electron chi connectivity index (χ3n) is 2.38. The molecule has 0 aromatic rings. The molecular formula is C9H15NO4S. The van der Waals surface area contributed by atoms with E-state index in [4.69, 9.17) is 10.8 Å². The van der Waals surface area contributed by atoms with Crippen LogP contribution in [0.3, 0.4) is 0 Å². The van der Waals surface area contributed by atoms with Gasteiger partial charge < -0.3 is 15.9 Å². The molecule has 4 N–H and O–H groups in total. The average molecular weight is 233 g/mol. The van der Waals surface area contributed by atoms with Gasteiger partial charge in [0, 0.05) is 23.8 Å². The zero-order valence-electron chi connectivity index (χ0n) is 8.26. The molecule has 1 fully saturated rings. The van der Waals surface area contributed by atoms with Gasteiger partial charge in [0.25, 0.3) is 0 Å². The second kappa shape index (κ2) is 5.48. The highest BCUT2D eigenvalue weighted by Crippen LogP contribution is 2.25. The van der Waals surface area contributed by atoms with Gasteiger partial charge in [0.1, 0.15) is 11.8 Å². The lowest BCUT2D eigenvalue weighted by Crippen LogP contribution is -2.32. The van der Waals surface area contributed by atoms with E-state index in [1.165, 1.54) is 11.8 Å². The van der Waals surface area contributed by atoms with Gasteiger partial charge in [-0.25, -0.2) is 0 Å². The molecule has 1 aliphatic carbocycles. The van der Waals surface area contributed by atoms with Crippen molar-refractivity contribution in [1.29, 1.82) is 0 Å². The average Bonchev–Trinajstić information content (AvgIpc) is 2.45. The minimum absolute atomic E-state index is 0.0684. The molecule has 1 saturated carbocycles. The summed E-state index contributed by atoms with van der Waals surface area (Å²) >= 11 is 1.35. The molecule has 0 aromatic carbocycles. The minimum Gasteiger partial charge on any atom is -0.480 e. The first-order valence-electron chi connectivity index (χ1n) is 4.77. The van der Waals surface area contributed by atoms with Crippen LogP contribution in [0.15, 0.2) is 0 Å². The van der Waals surface area contributed by atoms with Crippen molar-refractivity contribution in [3.8, 4) is 0 Å². The van der Waals surface area contributed by atoms with Crippen LogP contribution in [0.5, 0.6) is 0 Å². The van der Waals surface area contributed by atoms with E-state index in [0.29, 0.717) is 17.9 Å². The van der Waals surface area contributed by atoms with Crippen LogP contribution in [0.2, 0.25) is 0 Å². The molecule has 6 heteroatoms. The largest absolute Gasteiger partial charge is 0.480 e. The summed E-state index contributed by atoms with van der Waals surface area (Å²) in [7, 11) is 0. The van der Waals surface area contributed by atoms with Gasteiger partial charge in [-0.15, -0.1) is 0 Å². The van der Waals surface area contributed by atoms with Gasteiger partial charge in [0.2, 0.25) is 0 Å². The normalized spacial score (nSPS) is 28.0. The Bertz CT molecular complexity index is 258. The standard InChI is InChI=1S/C9H15NO4S/c10-7(9(13)14)4-15-3-5-1-6(11)2-8(5)12/h5-7,11H,1-4,10H2,(H,13,14). The molecule has 0 amide bonds. The number of carbonyl (C=O) groups is 2. The van der Waals surface area contributed by atoms with Crippen molar-refractivity contribution >= 4 is 23.5 Å². The summed E-state index contributed by atoms with van der Waals surface area (Å²) < 4.78 is 0. The van der Waals surface area contributed by atoms with Gasteiger partial charge in [0.15, 0.2) is 0 Å². The number of aliphatic carboxylic acids is 1. The number of aliphatic hydroxyl groups excluding tert-OH is 1. The molecular weight excluding hydrogens is 218 g/mol. The summed E-state index contributed by atoms with van der Waals surface area (Å²) in [5.74, 6) is -0.239. The number of Topliss-reactive ketones (excluding diaryl/α,β-unsaturated/α-hetero) is 1. The van der Waals surface area contributed by atoms with E-state index in [-0.39, 0.29) is 18.1 Å². The van der Waals surface area contributed by atoms with Crippen molar-refractivity contribution in [2.24, 2.45) is 11.7 Å². The van der Waals surface area contributed by atoms with Gasteiger partial charge >= 0.3 is 5.97 Å². The summed E-state index contributed by atoms with van der Waals surface area (Å²) in [6.07, 6.45) is 0.209. The molecule has 3 atom stereocenters. The monoisotopic (exact) mass is 233 g/mol. The Morgan fingerprint density at radius 2 is 2.33 bits per heavy atom. The fourth-order valence-corrected chi connectivity index (χ4v) is 2.65. The maximum absolute atomic E-state index is 11.3. The van der Waals surface area contributed by atoms with Crippen molar-refractivity contribution < 1.29 is 19.8 Å². The summed E-state index contributed by atoms with van der Waals surface area (Å²) in [6.45, 7) is 0. The molecule has 0 aliphatic heterocycles. The van der Waals surface area contributed by atoms with E-state index in [1.807, 2.05) is 0 Å². The molecule has 86 valence electrons. The predicted octanol–water partition coefficient (Wildman–Crippen LogP) is -0.529. The highest BCUT2D eigenvalue weighted by molar-refractivity contribution is 7.99. The first-order valence-corrected chi connectivity index (χ1v) is 5.93. The fraction of sp³-hybridized carbons (Fsp3) is 0.778. The molecule has 3 unspecified atom stereocenters. The highest BCUT2D eigenvalue weighted by atomic mass is 32.2. The van der Waals surface area contributed by atoms with Crippen LogP contribution >= 0.6 is 11.8 Å². The van der Waals surface area contributed by atoms with E-state index >= 15 is 0 Å². The number of rotatable bonds is 5. The number of carboxylic acid groups (broad SMARTS) is 1. The zero-order valence-corrected chi connectivity index (χ0v) is 9.07. The number of hydrogen-bond acceptors (Lipinski definition) is 5. The first-order chi connectivity index (χ1) is 7.00. The number of hydrogen-bond donors (Lipinski definition) is 3. The Balaban J connectivity index is 2.21. The molecule has 0 spiro atoms. The van der Waals surface area contributed by atoms with E-state index in [2.05, 4.69) is 0 Å². The lowest BCUT2D eigenvalue weighted by Gasteiger charge is -2.09. The first kappa shape index (κ1) is 12.5. The van der Waals surface area contributed by atoms with E-state index in [1.54, 1.807) is 0 Å². The van der Waals surface area contributed by atoms with E-state index < -0.39 is 18.1 Å². The molecule has 0 radical (unpaired) electrons. The minimum atomic E-state index is -1.03. The Labute approximate surface area is 92.0 Å². The van der Waals surface area contributed by atoms with Gasteiger partial charge in [0.05, 0.1) is 6.10 Å². The third kappa shape index (κ3) is 3.81. The second-order valence-corrected chi connectivity index (χ2v) is 4.81. The molecule has 15 heavy (non-hydrogen) atoms. The Hall–Kier alpha value is -0.590. The van der Waals surface area contributed by atoms with Crippen LogP contribution in [0, 0.1) is 5.92 Å². The molecule has 0 saturated heterocycles. The Morgan fingerprint density at radius 3 is 2.80 bits per heavy atom. The van der Waals surface area contributed by atoms with Gasteiger partial charge in [-0.2, -0.15) is 11.8 Å². The van der Waals surface area contributed by atoms with Gasteiger partial charge in [-0.05, 0) is 6.42 Å². The van der Waals surface area contributed by atoms with Crippen LogP contribution in [-0.2, 0) is 9.59 Å².